The van der Waals surface area contributed by atoms with Crippen LogP contribution in [0.4, 0.5) is 5.69 Å². The van der Waals surface area contributed by atoms with Gasteiger partial charge in [0.05, 0.1) is 13.0 Å². The van der Waals surface area contributed by atoms with Crippen LogP contribution in [0.15, 0.2) is 42.5 Å². The van der Waals surface area contributed by atoms with E-state index in [2.05, 4.69) is 10.6 Å². The van der Waals surface area contributed by atoms with Crippen LogP contribution in [-0.4, -0.2) is 18.4 Å². The van der Waals surface area contributed by atoms with Gasteiger partial charge in [0.25, 0.3) is 0 Å². The van der Waals surface area contributed by atoms with E-state index in [1.807, 2.05) is 63.2 Å². The fraction of sp³-hybridized carbons (Fsp3) is 0.263. The molecule has 0 heterocycles. The van der Waals surface area contributed by atoms with Gasteiger partial charge in [-0.05, 0) is 49.6 Å². The van der Waals surface area contributed by atoms with Gasteiger partial charge < -0.3 is 10.6 Å². The average molecular weight is 310 g/mol. The molecule has 0 saturated carbocycles. The monoisotopic (exact) mass is 310 g/mol. The van der Waals surface area contributed by atoms with E-state index in [1.165, 1.54) is 0 Å². The van der Waals surface area contributed by atoms with E-state index in [-0.39, 0.29) is 24.8 Å². The Bertz CT molecular complexity index is 686. The summed E-state index contributed by atoms with van der Waals surface area (Å²) in [5.74, 6) is -0.392. The quantitative estimate of drug-likeness (QED) is 0.892. The Kier molecular flexibility index (Phi) is 5.52. The van der Waals surface area contributed by atoms with E-state index in [0.29, 0.717) is 0 Å². The van der Waals surface area contributed by atoms with Gasteiger partial charge in [0, 0.05) is 5.69 Å². The van der Waals surface area contributed by atoms with Crippen LogP contribution in [-0.2, 0) is 16.0 Å². The van der Waals surface area contributed by atoms with Crippen molar-refractivity contribution in [2.75, 3.05) is 11.9 Å². The van der Waals surface area contributed by atoms with Crippen LogP contribution in [0.3, 0.4) is 0 Å². The van der Waals surface area contributed by atoms with Crippen LogP contribution in [0.25, 0.3) is 0 Å². The second-order valence-electron chi connectivity index (χ2n) is 5.86. The Morgan fingerprint density at radius 3 is 2.04 bits per heavy atom. The number of anilines is 1. The second kappa shape index (κ2) is 7.58. The summed E-state index contributed by atoms with van der Waals surface area (Å²) in [5, 5.41) is 5.44. The van der Waals surface area contributed by atoms with Gasteiger partial charge in [0.1, 0.15) is 0 Å². The molecule has 0 spiro atoms. The maximum absolute atomic E-state index is 11.9. The van der Waals surface area contributed by atoms with Crippen molar-refractivity contribution in [1.82, 2.24) is 5.32 Å². The van der Waals surface area contributed by atoms with Gasteiger partial charge in [-0.15, -0.1) is 0 Å². The number of amides is 2. The van der Waals surface area contributed by atoms with Crippen molar-refractivity contribution in [3.8, 4) is 0 Å². The first kappa shape index (κ1) is 16.7. The van der Waals surface area contributed by atoms with E-state index in [1.54, 1.807) is 0 Å². The molecule has 0 aliphatic heterocycles. The molecule has 4 heteroatoms. The highest BCUT2D eigenvalue weighted by atomic mass is 16.2. The van der Waals surface area contributed by atoms with Crippen molar-refractivity contribution in [2.24, 2.45) is 0 Å². The van der Waals surface area contributed by atoms with Crippen molar-refractivity contribution in [3.05, 3.63) is 64.7 Å². The van der Waals surface area contributed by atoms with Crippen LogP contribution in [0, 0.1) is 20.8 Å². The molecule has 0 bridgehead atoms. The zero-order chi connectivity index (χ0) is 16.8. The molecule has 2 aromatic rings. The maximum atomic E-state index is 11.9. The summed E-state index contributed by atoms with van der Waals surface area (Å²) in [7, 11) is 0. The highest BCUT2D eigenvalue weighted by Crippen LogP contribution is 2.13. The molecule has 120 valence electrons. The molecule has 0 radical (unpaired) electrons. The lowest BCUT2D eigenvalue weighted by Crippen LogP contribution is -2.33. The predicted octanol–water partition coefficient (Wildman–Crippen LogP) is 2.91. The highest BCUT2D eigenvalue weighted by Gasteiger charge is 2.07. The Morgan fingerprint density at radius 1 is 0.826 bits per heavy atom. The fourth-order valence-corrected chi connectivity index (χ4v) is 2.38. The van der Waals surface area contributed by atoms with E-state index < -0.39 is 0 Å². The first-order valence-electron chi connectivity index (χ1n) is 7.63. The summed E-state index contributed by atoms with van der Waals surface area (Å²) >= 11 is 0. The Balaban J connectivity index is 1.81. The minimum Gasteiger partial charge on any atom is -0.347 e. The van der Waals surface area contributed by atoms with Crippen LogP contribution < -0.4 is 10.6 Å². The molecule has 2 N–H and O–H groups in total. The molecule has 2 amide bonds. The minimum atomic E-state index is -0.229. The van der Waals surface area contributed by atoms with Crippen LogP contribution in [0.1, 0.15) is 22.3 Å². The van der Waals surface area contributed by atoms with Gasteiger partial charge in [-0.3, -0.25) is 9.59 Å². The molecule has 23 heavy (non-hydrogen) atoms. The standard InChI is InChI=1S/C19H22N2O2/c1-13-4-6-16(7-5-13)11-18(22)20-12-19(23)21-17-9-14(2)8-15(3)10-17/h4-10H,11-12H2,1-3H3,(H,20,22)(H,21,23). The topological polar surface area (TPSA) is 58.2 Å². The molecule has 0 aliphatic carbocycles. The van der Waals surface area contributed by atoms with Gasteiger partial charge in [-0.25, -0.2) is 0 Å². The number of carbonyl (C=O) groups is 2. The SMILES string of the molecule is Cc1ccc(CC(=O)NCC(=O)Nc2cc(C)cc(C)c2)cc1. The van der Waals surface area contributed by atoms with Gasteiger partial charge in [-0.2, -0.15) is 0 Å². The summed E-state index contributed by atoms with van der Waals surface area (Å²) < 4.78 is 0. The molecule has 0 aliphatic rings. The van der Waals surface area contributed by atoms with E-state index in [0.717, 1.165) is 27.9 Å². The first-order chi connectivity index (χ1) is 10.9. The number of hydrogen-bond acceptors (Lipinski definition) is 2. The largest absolute Gasteiger partial charge is 0.347 e. The molecular weight excluding hydrogens is 288 g/mol. The summed E-state index contributed by atoms with van der Waals surface area (Å²) in [6.45, 7) is 5.93. The van der Waals surface area contributed by atoms with E-state index in [9.17, 15) is 9.59 Å². The van der Waals surface area contributed by atoms with Crippen molar-refractivity contribution in [3.63, 3.8) is 0 Å². The zero-order valence-electron chi connectivity index (χ0n) is 13.8. The minimum absolute atomic E-state index is 0.0301. The van der Waals surface area contributed by atoms with Crippen LogP contribution in [0.5, 0.6) is 0 Å². The molecule has 2 rings (SSSR count). The summed E-state index contributed by atoms with van der Waals surface area (Å²) in [5.41, 5.74) is 5.01. The van der Waals surface area contributed by atoms with Crippen molar-refractivity contribution < 1.29 is 9.59 Å². The Morgan fingerprint density at radius 2 is 1.43 bits per heavy atom. The zero-order valence-corrected chi connectivity index (χ0v) is 13.8. The van der Waals surface area contributed by atoms with Crippen LogP contribution in [0.2, 0.25) is 0 Å². The molecule has 0 aromatic heterocycles. The Labute approximate surface area is 136 Å². The number of benzene rings is 2. The maximum Gasteiger partial charge on any atom is 0.243 e. The molecule has 0 saturated heterocycles. The molecule has 4 nitrogen and oxygen atoms in total. The average Bonchev–Trinajstić information content (AvgIpc) is 2.46. The van der Waals surface area contributed by atoms with E-state index in [4.69, 9.17) is 0 Å². The van der Waals surface area contributed by atoms with Crippen molar-refractivity contribution in [2.45, 2.75) is 27.2 Å². The first-order valence-corrected chi connectivity index (χ1v) is 7.63. The van der Waals surface area contributed by atoms with Gasteiger partial charge in [-0.1, -0.05) is 35.9 Å². The smallest absolute Gasteiger partial charge is 0.243 e. The van der Waals surface area contributed by atoms with Gasteiger partial charge in [0.2, 0.25) is 11.8 Å². The van der Waals surface area contributed by atoms with E-state index >= 15 is 0 Å². The molecular formula is C19H22N2O2. The number of rotatable bonds is 5. The number of hydrogen-bond donors (Lipinski definition) is 2. The van der Waals surface area contributed by atoms with Gasteiger partial charge in [0.15, 0.2) is 0 Å². The third-order valence-corrected chi connectivity index (χ3v) is 3.44. The molecule has 2 aromatic carbocycles. The van der Waals surface area contributed by atoms with Crippen molar-refractivity contribution in [1.29, 1.82) is 0 Å². The van der Waals surface area contributed by atoms with Crippen molar-refractivity contribution >= 4 is 17.5 Å². The van der Waals surface area contributed by atoms with Gasteiger partial charge >= 0.3 is 0 Å². The Hall–Kier alpha value is -2.62. The number of carbonyl (C=O) groups excluding carboxylic acids is 2. The second-order valence-corrected chi connectivity index (χ2v) is 5.86. The molecule has 0 atom stereocenters. The third kappa shape index (κ3) is 5.58. The lowest BCUT2D eigenvalue weighted by atomic mass is 10.1. The normalized spacial score (nSPS) is 10.2. The lowest BCUT2D eigenvalue weighted by Gasteiger charge is -2.09. The number of aryl methyl sites for hydroxylation is 3. The summed E-state index contributed by atoms with van der Waals surface area (Å²) in [6.07, 6.45) is 0.275. The summed E-state index contributed by atoms with van der Waals surface area (Å²) in [6, 6.07) is 13.6. The highest BCUT2D eigenvalue weighted by molar-refractivity contribution is 5.94. The van der Waals surface area contributed by atoms with Crippen LogP contribution >= 0.6 is 0 Å². The lowest BCUT2D eigenvalue weighted by molar-refractivity contribution is -0.123. The molecule has 0 fully saturated rings. The number of nitrogens with one attached hydrogen (secondary N) is 2. The predicted molar refractivity (Wildman–Crippen MR) is 92.4 cm³/mol. The summed E-state index contributed by atoms with van der Waals surface area (Å²) in [4.78, 5) is 23.8. The fourth-order valence-electron chi connectivity index (χ4n) is 2.38. The third-order valence-electron chi connectivity index (χ3n) is 3.44. The molecule has 0 unspecified atom stereocenters.